The molecule has 1 N–H and O–H groups in total. The van der Waals surface area contributed by atoms with Gasteiger partial charge in [-0.3, -0.25) is 0 Å². The lowest BCUT2D eigenvalue weighted by molar-refractivity contribution is 0.549. The van der Waals surface area contributed by atoms with Crippen LogP contribution in [0.1, 0.15) is 38.8 Å². The molecule has 0 amide bonds. The average Bonchev–Trinajstić information content (AvgIpc) is 2.90. The van der Waals surface area contributed by atoms with E-state index < -0.39 is 10.0 Å². The maximum absolute atomic E-state index is 12.4. The molecule has 0 saturated heterocycles. The molecule has 120 valence electrons. The number of furan rings is 1. The molecule has 0 aliphatic rings. The second-order valence-electron chi connectivity index (χ2n) is 6.63. The molecular weight excluding hydrogens is 298 g/mol. The van der Waals surface area contributed by atoms with E-state index in [0.29, 0.717) is 11.3 Å². The van der Waals surface area contributed by atoms with Crippen LogP contribution < -0.4 is 4.72 Å². The van der Waals surface area contributed by atoms with Gasteiger partial charge in [0.15, 0.2) is 0 Å². The molecule has 5 heteroatoms. The molecule has 0 aliphatic heterocycles. The molecule has 0 saturated carbocycles. The fourth-order valence-corrected chi connectivity index (χ4v) is 3.51. The zero-order valence-electron chi connectivity index (χ0n) is 13.5. The van der Waals surface area contributed by atoms with Crippen LogP contribution >= 0.6 is 0 Å². The van der Waals surface area contributed by atoms with Crippen molar-refractivity contribution >= 4 is 10.0 Å². The summed E-state index contributed by atoms with van der Waals surface area (Å²) in [4.78, 5) is 0.291. The zero-order chi connectivity index (χ0) is 16.4. The fourth-order valence-electron chi connectivity index (χ4n) is 2.27. The monoisotopic (exact) mass is 321 g/mol. The molecule has 2 rings (SSSR count). The molecule has 1 heterocycles. The normalized spacial score (nSPS) is 14.0. The van der Waals surface area contributed by atoms with Crippen molar-refractivity contribution in [3.63, 3.8) is 0 Å². The van der Waals surface area contributed by atoms with Crippen molar-refractivity contribution in [3.8, 4) is 0 Å². The van der Waals surface area contributed by atoms with Crippen LogP contribution in [0.25, 0.3) is 0 Å². The van der Waals surface area contributed by atoms with E-state index in [1.165, 1.54) is 0 Å². The molecule has 4 nitrogen and oxygen atoms in total. The molecule has 1 unspecified atom stereocenters. The number of nitrogens with one attached hydrogen (secondary N) is 1. The summed E-state index contributed by atoms with van der Waals surface area (Å²) in [6.07, 6.45) is 3.81. The third kappa shape index (κ3) is 4.21. The summed E-state index contributed by atoms with van der Waals surface area (Å²) < 4.78 is 32.5. The van der Waals surface area contributed by atoms with Crippen molar-refractivity contribution in [2.75, 3.05) is 0 Å². The Hall–Kier alpha value is -1.59. The fraction of sp³-hybridized carbons (Fsp3) is 0.412. The minimum absolute atomic E-state index is 0.00426. The van der Waals surface area contributed by atoms with E-state index in [0.717, 1.165) is 11.1 Å². The van der Waals surface area contributed by atoms with Crippen LogP contribution in [-0.2, 0) is 21.9 Å². The number of benzene rings is 1. The van der Waals surface area contributed by atoms with Crippen LogP contribution in [-0.4, -0.2) is 14.5 Å². The maximum atomic E-state index is 12.4. The molecule has 0 aliphatic carbocycles. The van der Waals surface area contributed by atoms with Gasteiger partial charge >= 0.3 is 0 Å². The molecular formula is C17H23NO3S. The standard InChI is InChI=1S/C17H23NO3S/c1-13(11-14-9-10-21-12-14)18-22(19,20)16-7-5-15(6-8-16)17(2,3)4/h5-10,12-13,18H,11H2,1-4H3. The first-order valence-corrected chi connectivity index (χ1v) is 8.81. The molecule has 0 radical (unpaired) electrons. The first-order valence-electron chi connectivity index (χ1n) is 7.32. The summed E-state index contributed by atoms with van der Waals surface area (Å²) in [6.45, 7) is 8.14. The van der Waals surface area contributed by atoms with Gasteiger partial charge in [-0.15, -0.1) is 0 Å². The van der Waals surface area contributed by atoms with Crippen LogP contribution in [0.2, 0.25) is 0 Å². The highest BCUT2D eigenvalue weighted by Crippen LogP contribution is 2.23. The molecule has 0 fully saturated rings. The van der Waals surface area contributed by atoms with E-state index >= 15 is 0 Å². The van der Waals surface area contributed by atoms with Gasteiger partial charge < -0.3 is 4.42 Å². The van der Waals surface area contributed by atoms with E-state index in [1.807, 2.05) is 25.1 Å². The summed E-state index contributed by atoms with van der Waals surface area (Å²) in [5, 5.41) is 0. The van der Waals surface area contributed by atoms with Crippen molar-refractivity contribution in [3.05, 3.63) is 54.0 Å². The number of hydrogen-bond donors (Lipinski definition) is 1. The first kappa shape index (κ1) is 16.8. The molecule has 0 bridgehead atoms. The van der Waals surface area contributed by atoms with Gasteiger partial charge in [0.2, 0.25) is 10.0 Å². The summed E-state index contributed by atoms with van der Waals surface area (Å²) >= 11 is 0. The Morgan fingerprint density at radius 2 is 1.77 bits per heavy atom. The molecule has 2 aromatic rings. The maximum Gasteiger partial charge on any atom is 0.240 e. The quantitative estimate of drug-likeness (QED) is 0.917. The van der Waals surface area contributed by atoms with Crippen molar-refractivity contribution < 1.29 is 12.8 Å². The highest BCUT2D eigenvalue weighted by Gasteiger charge is 2.19. The molecule has 1 aromatic carbocycles. The van der Waals surface area contributed by atoms with Gasteiger partial charge in [-0.1, -0.05) is 32.9 Å². The predicted molar refractivity (Wildman–Crippen MR) is 87.3 cm³/mol. The van der Waals surface area contributed by atoms with E-state index in [-0.39, 0.29) is 11.5 Å². The van der Waals surface area contributed by atoms with Gasteiger partial charge in [0.25, 0.3) is 0 Å². The van der Waals surface area contributed by atoms with Gasteiger partial charge in [-0.05, 0) is 48.1 Å². The molecule has 1 aromatic heterocycles. The minimum atomic E-state index is -3.51. The highest BCUT2D eigenvalue weighted by molar-refractivity contribution is 7.89. The lowest BCUT2D eigenvalue weighted by atomic mass is 9.87. The Labute approximate surface area is 132 Å². The van der Waals surface area contributed by atoms with Gasteiger partial charge in [0.1, 0.15) is 0 Å². The molecule has 22 heavy (non-hydrogen) atoms. The van der Waals surface area contributed by atoms with E-state index in [9.17, 15) is 8.42 Å². The second-order valence-corrected chi connectivity index (χ2v) is 8.35. The Balaban J connectivity index is 2.09. The van der Waals surface area contributed by atoms with E-state index in [2.05, 4.69) is 25.5 Å². The summed E-state index contributed by atoms with van der Waals surface area (Å²) in [5.74, 6) is 0. The Morgan fingerprint density at radius 1 is 1.14 bits per heavy atom. The van der Waals surface area contributed by atoms with Crippen LogP contribution in [0.4, 0.5) is 0 Å². The van der Waals surface area contributed by atoms with E-state index in [1.54, 1.807) is 24.7 Å². The zero-order valence-corrected chi connectivity index (χ0v) is 14.3. The number of rotatable bonds is 5. The van der Waals surface area contributed by atoms with Gasteiger partial charge in [-0.25, -0.2) is 13.1 Å². The largest absolute Gasteiger partial charge is 0.472 e. The van der Waals surface area contributed by atoms with Crippen LogP contribution in [0.15, 0.2) is 52.2 Å². The van der Waals surface area contributed by atoms with Crippen LogP contribution in [0.3, 0.4) is 0 Å². The number of sulfonamides is 1. The van der Waals surface area contributed by atoms with Crippen LogP contribution in [0.5, 0.6) is 0 Å². The van der Waals surface area contributed by atoms with Crippen molar-refractivity contribution in [1.29, 1.82) is 0 Å². The lowest BCUT2D eigenvalue weighted by Crippen LogP contribution is -2.34. The minimum Gasteiger partial charge on any atom is -0.472 e. The van der Waals surface area contributed by atoms with Crippen molar-refractivity contribution in [2.24, 2.45) is 0 Å². The molecule has 1 atom stereocenters. The smallest absolute Gasteiger partial charge is 0.240 e. The van der Waals surface area contributed by atoms with Gasteiger partial charge in [0.05, 0.1) is 17.4 Å². The van der Waals surface area contributed by atoms with Crippen molar-refractivity contribution in [1.82, 2.24) is 4.72 Å². The van der Waals surface area contributed by atoms with Crippen molar-refractivity contribution in [2.45, 2.75) is 50.5 Å². The molecule has 0 spiro atoms. The Morgan fingerprint density at radius 3 is 2.27 bits per heavy atom. The summed E-state index contributed by atoms with van der Waals surface area (Å²) in [5.41, 5.74) is 2.08. The number of hydrogen-bond acceptors (Lipinski definition) is 3. The van der Waals surface area contributed by atoms with Crippen LogP contribution in [0, 0.1) is 0 Å². The third-order valence-electron chi connectivity index (χ3n) is 3.51. The lowest BCUT2D eigenvalue weighted by Gasteiger charge is -2.19. The average molecular weight is 321 g/mol. The highest BCUT2D eigenvalue weighted by atomic mass is 32.2. The Bertz CT molecular complexity index is 695. The summed E-state index contributed by atoms with van der Waals surface area (Å²) in [6, 6.07) is 8.69. The van der Waals surface area contributed by atoms with E-state index in [4.69, 9.17) is 4.42 Å². The third-order valence-corrected chi connectivity index (χ3v) is 5.11. The first-order chi connectivity index (χ1) is 10.2. The predicted octanol–water partition coefficient (Wildman–Crippen LogP) is 3.49. The SMILES string of the molecule is CC(Cc1ccoc1)NS(=O)(=O)c1ccc(C(C)(C)C)cc1. The summed E-state index contributed by atoms with van der Waals surface area (Å²) in [7, 11) is -3.51. The van der Waals surface area contributed by atoms with Gasteiger partial charge in [-0.2, -0.15) is 0 Å². The second kappa shape index (κ2) is 6.26. The topological polar surface area (TPSA) is 59.3 Å². The Kier molecular flexibility index (Phi) is 4.78. The van der Waals surface area contributed by atoms with Gasteiger partial charge in [0, 0.05) is 6.04 Å².